The Kier molecular flexibility index (Phi) is 7.45. The largest absolute Gasteiger partial charge is 0.508 e. The fourth-order valence-corrected chi connectivity index (χ4v) is 6.99. The smallest absolute Gasteiger partial charge is 0.319 e. The number of oxime groups is 1. The van der Waals surface area contributed by atoms with Crippen LogP contribution in [0.2, 0.25) is 0 Å². The van der Waals surface area contributed by atoms with Gasteiger partial charge in [0.2, 0.25) is 0 Å². The lowest BCUT2D eigenvalue weighted by atomic mass is 9.95. The minimum Gasteiger partial charge on any atom is -0.508 e. The molecule has 7 rings (SSSR count). The summed E-state index contributed by atoms with van der Waals surface area (Å²) in [4.78, 5) is 23.4. The van der Waals surface area contributed by atoms with Crippen molar-refractivity contribution >= 4 is 33.2 Å². The van der Waals surface area contributed by atoms with E-state index in [1.54, 1.807) is 7.11 Å². The molecule has 0 radical (unpaired) electrons. The third kappa shape index (κ3) is 5.09. The van der Waals surface area contributed by atoms with Crippen LogP contribution in [-0.4, -0.2) is 76.1 Å². The lowest BCUT2D eigenvalue weighted by Gasteiger charge is -2.30. The first-order valence-electron chi connectivity index (χ1n) is 15.1. The van der Waals surface area contributed by atoms with Crippen LogP contribution in [0.15, 0.2) is 47.8 Å². The number of pyridine rings is 1. The standard InChI is InChI=1S/C34H32F2N6O3/c1-3-24-27(35)10-9-21-15-23(43)16-25(28(21)24)30-29(36)31-26(18-37-30)32(41-12-6-4-5-7-13-41)39-33(38-31)45-20-34-11-8-14-42(34)19-22(17-34)40-44-2/h1,4-5,9-10,15-16,18,43H,6-8,11-14,17,19-20H2,2H3/b40-22-/t34-/m0/s1. The molecule has 2 aromatic heterocycles. The maximum atomic E-state index is 16.7. The van der Waals surface area contributed by atoms with Crippen molar-refractivity contribution in [2.45, 2.75) is 37.6 Å². The Balaban J connectivity index is 1.36. The van der Waals surface area contributed by atoms with Crippen molar-refractivity contribution in [3.63, 3.8) is 0 Å². The maximum absolute atomic E-state index is 16.7. The number of fused-ring (bicyclic) bond motifs is 3. The molecule has 0 aliphatic carbocycles. The number of hydrogen-bond donors (Lipinski definition) is 1. The number of nitrogens with zero attached hydrogens (tertiary/aromatic N) is 6. The van der Waals surface area contributed by atoms with Crippen LogP contribution < -0.4 is 9.64 Å². The fourth-order valence-electron chi connectivity index (χ4n) is 6.99. The summed E-state index contributed by atoms with van der Waals surface area (Å²) in [5, 5.41) is 15.9. The Morgan fingerprint density at radius 1 is 1.13 bits per heavy atom. The van der Waals surface area contributed by atoms with Crippen LogP contribution in [-0.2, 0) is 4.84 Å². The van der Waals surface area contributed by atoms with Gasteiger partial charge in [0, 0.05) is 43.2 Å². The van der Waals surface area contributed by atoms with Crippen molar-refractivity contribution in [3.05, 3.63) is 59.8 Å². The number of phenols is 1. The van der Waals surface area contributed by atoms with Crippen molar-refractivity contribution < 1.29 is 23.5 Å². The number of terminal acetylenes is 1. The summed E-state index contributed by atoms with van der Waals surface area (Å²) < 4.78 is 37.9. The number of rotatable bonds is 6. The Bertz CT molecular complexity index is 1910. The highest BCUT2D eigenvalue weighted by Gasteiger charge is 2.48. The van der Waals surface area contributed by atoms with E-state index in [1.807, 2.05) is 0 Å². The Hall–Kier alpha value is -4.82. The van der Waals surface area contributed by atoms with Gasteiger partial charge in [0.25, 0.3) is 0 Å². The van der Waals surface area contributed by atoms with E-state index in [4.69, 9.17) is 21.0 Å². The van der Waals surface area contributed by atoms with Crippen LogP contribution in [0.25, 0.3) is 32.9 Å². The van der Waals surface area contributed by atoms with Crippen molar-refractivity contribution in [3.8, 4) is 35.4 Å². The van der Waals surface area contributed by atoms with E-state index in [9.17, 15) is 9.50 Å². The van der Waals surface area contributed by atoms with Gasteiger partial charge in [-0.25, -0.2) is 8.78 Å². The lowest BCUT2D eigenvalue weighted by molar-refractivity contribution is 0.108. The molecule has 3 aliphatic heterocycles. The molecule has 2 fully saturated rings. The van der Waals surface area contributed by atoms with Crippen LogP contribution in [0.3, 0.4) is 0 Å². The molecule has 45 heavy (non-hydrogen) atoms. The third-order valence-electron chi connectivity index (χ3n) is 9.03. The molecule has 11 heteroatoms. The SMILES string of the molecule is C#Cc1c(F)ccc2cc(O)cc(-c3ncc4c(N5CCC=CCC5)nc(OC[C@@]56CCCN5C/C(=N\OC)C6)nc4c3F)c12. The Morgan fingerprint density at radius 3 is 2.73 bits per heavy atom. The average Bonchev–Trinajstić information content (AvgIpc) is 3.44. The molecule has 0 spiro atoms. The molecular weight excluding hydrogens is 578 g/mol. The van der Waals surface area contributed by atoms with E-state index >= 15 is 4.39 Å². The summed E-state index contributed by atoms with van der Waals surface area (Å²) in [6.45, 7) is 3.32. The van der Waals surface area contributed by atoms with Gasteiger partial charge in [0.15, 0.2) is 5.82 Å². The zero-order valence-electron chi connectivity index (χ0n) is 24.9. The molecule has 1 N–H and O–H groups in total. The minimum atomic E-state index is -0.746. The van der Waals surface area contributed by atoms with Gasteiger partial charge in [0.1, 0.15) is 42.3 Å². The highest BCUT2D eigenvalue weighted by molar-refractivity contribution is 6.03. The van der Waals surface area contributed by atoms with E-state index < -0.39 is 11.6 Å². The van der Waals surface area contributed by atoms with E-state index in [0.29, 0.717) is 49.3 Å². The number of ether oxygens (including phenoxy) is 1. The zero-order valence-corrected chi connectivity index (χ0v) is 24.9. The molecule has 230 valence electrons. The predicted octanol–water partition coefficient (Wildman–Crippen LogP) is 5.59. The zero-order chi connectivity index (χ0) is 31.1. The quantitative estimate of drug-likeness (QED) is 0.172. The van der Waals surface area contributed by atoms with Crippen molar-refractivity contribution in [1.29, 1.82) is 0 Å². The number of aromatic hydroxyl groups is 1. The maximum Gasteiger partial charge on any atom is 0.319 e. The average molecular weight is 611 g/mol. The molecule has 2 saturated heterocycles. The van der Waals surface area contributed by atoms with E-state index in [2.05, 4.69) is 43.0 Å². The van der Waals surface area contributed by atoms with Gasteiger partial charge in [-0.1, -0.05) is 29.3 Å². The summed E-state index contributed by atoms with van der Waals surface area (Å²) in [5.74, 6) is 1.40. The fraction of sp³-hybridized carbons (Fsp3) is 0.353. The molecule has 0 amide bonds. The highest BCUT2D eigenvalue weighted by Crippen LogP contribution is 2.40. The number of hydrogen-bond acceptors (Lipinski definition) is 9. The van der Waals surface area contributed by atoms with E-state index in [0.717, 1.165) is 37.9 Å². The third-order valence-corrected chi connectivity index (χ3v) is 9.03. The molecule has 9 nitrogen and oxygen atoms in total. The lowest BCUT2D eigenvalue weighted by Crippen LogP contribution is -2.43. The number of phenolic OH excluding ortho intramolecular Hbond substituents is 1. The van der Waals surface area contributed by atoms with E-state index in [1.165, 1.54) is 30.5 Å². The van der Waals surface area contributed by atoms with Crippen molar-refractivity contribution in [2.24, 2.45) is 5.16 Å². The van der Waals surface area contributed by atoms with Crippen molar-refractivity contribution in [1.82, 2.24) is 19.9 Å². The normalized spacial score (nSPS) is 20.9. The summed E-state index contributed by atoms with van der Waals surface area (Å²) in [5.41, 5.74) is 0.717. The second-order valence-electron chi connectivity index (χ2n) is 11.8. The predicted molar refractivity (Wildman–Crippen MR) is 168 cm³/mol. The van der Waals surface area contributed by atoms with Crippen LogP contribution in [0.4, 0.5) is 14.6 Å². The summed E-state index contributed by atoms with van der Waals surface area (Å²) in [6, 6.07) is 5.57. The second kappa shape index (κ2) is 11.6. The van der Waals surface area contributed by atoms with Crippen LogP contribution in [0.5, 0.6) is 11.8 Å². The Labute approximate surface area is 259 Å². The first kappa shape index (κ1) is 28.9. The number of halogens is 2. The van der Waals surface area contributed by atoms with Gasteiger partial charge in [-0.15, -0.1) is 6.42 Å². The number of aromatic nitrogens is 3. The van der Waals surface area contributed by atoms with Gasteiger partial charge in [-0.05, 0) is 55.8 Å². The van der Waals surface area contributed by atoms with Gasteiger partial charge < -0.3 is 19.6 Å². The first-order valence-corrected chi connectivity index (χ1v) is 15.1. The second-order valence-corrected chi connectivity index (χ2v) is 11.8. The topological polar surface area (TPSA) is 96.2 Å². The Morgan fingerprint density at radius 2 is 1.96 bits per heavy atom. The monoisotopic (exact) mass is 610 g/mol. The molecular formula is C34H32F2N6O3. The van der Waals surface area contributed by atoms with Crippen molar-refractivity contribution in [2.75, 3.05) is 44.8 Å². The summed E-state index contributed by atoms with van der Waals surface area (Å²) >= 11 is 0. The molecule has 1 atom stereocenters. The first-order chi connectivity index (χ1) is 21.9. The number of anilines is 1. The summed E-state index contributed by atoms with van der Waals surface area (Å²) in [7, 11) is 1.55. The highest BCUT2D eigenvalue weighted by atomic mass is 19.1. The van der Waals surface area contributed by atoms with Gasteiger partial charge in [-0.3, -0.25) is 9.88 Å². The molecule has 0 saturated carbocycles. The molecule has 4 aromatic rings. The van der Waals surface area contributed by atoms with Gasteiger partial charge in [0.05, 0.1) is 22.2 Å². The number of benzene rings is 2. The van der Waals surface area contributed by atoms with Crippen LogP contribution in [0.1, 0.15) is 37.7 Å². The van der Waals surface area contributed by atoms with Crippen LogP contribution >= 0.6 is 0 Å². The van der Waals surface area contributed by atoms with E-state index in [-0.39, 0.29) is 45.0 Å². The van der Waals surface area contributed by atoms with Gasteiger partial charge >= 0.3 is 6.01 Å². The summed E-state index contributed by atoms with van der Waals surface area (Å²) in [6.07, 6.45) is 15.7. The molecule has 0 bridgehead atoms. The van der Waals surface area contributed by atoms with Gasteiger partial charge in [-0.2, -0.15) is 9.97 Å². The van der Waals surface area contributed by atoms with Crippen LogP contribution in [0, 0.1) is 24.0 Å². The minimum absolute atomic E-state index is 0.0150. The molecule has 0 unspecified atom stereocenters. The molecule has 5 heterocycles. The molecule has 2 aromatic carbocycles. The molecule has 3 aliphatic rings.